The topological polar surface area (TPSA) is 114 Å². The van der Waals surface area contributed by atoms with Crippen molar-refractivity contribution < 1.29 is 19.2 Å². The zero-order chi connectivity index (χ0) is 28.5. The number of nitriles is 1. The number of hydrogen-bond donors (Lipinski definition) is 1. The van der Waals surface area contributed by atoms with E-state index < -0.39 is 10.8 Å². The molecule has 0 bridgehead atoms. The van der Waals surface area contributed by atoms with Crippen LogP contribution in [0.3, 0.4) is 0 Å². The summed E-state index contributed by atoms with van der Waals surface area (Å²) in [5.74, 6) is 0.464. The largest absolute Gasteiger partial charge is 0.489 e. The van der Waals surface area contributed by atoms with Crippen LogP contribution in [0, 0.1) is 21.4 Å². The molecule has 0 heterocycles. The number of amides is 1. The molecular weight excluding hydrogens is 598 g/mol. The summed E-state index contributed by atoms with van der Waals surface area (Å²) in [6, 6.07) is 27.5. The van der Waals surface area contributed by atoms with Crippen LogP contribution in [0.15, 0.2) is 101 Å². The fraction of sp³-hybridized carbons (Fsp3) is 0.0667. The highest BCUT2D eigenvalue weighted by Gasteiger charge is 2.11. The first-order valence-corrected chi connectivity index (χ1v) is 13.0. The Balaban J connectivity index is 1.34. The molecule has 200 valence electrons. The van der Waals surface area contributed by atoms with Gasteiger partial charge in [0.15, 0.2) is 0 Å². The van der Waals surface area contributed by atoms with Crippen LogP contribution in [0.25, 0.3) is 6.08 Å². The number of benzene rings is 4. The van der Waals surface area contributed by atoms with Gasteiger partial charge in [-0.1, -0.05) is 45.7 Å². The predicted octanol–water partition coefficient (Wildman–Crippen LogP) is 7.71. The van der Waals surface area contributed by atoms with Crippen LogP contribution in [0.4, 0.5) is 11.4 Å². The zero-order valence-corrected chi connectivity index (χ0v) is 23.2. The average molecular weight is 619 g/mol. The summed E-state index contributed by atoms with van der Waals surface area (Å²) in [6.45, 7) is 0.566. The van der Waals surface area contributed by atoms with E-state index in [4.69, 9.17) is 21.1 Å². The summed E-state index contributed by atoms with van der Waals surface area (Å²) in [6.07, 6.45) is 1.43. The summed E-state index contributed by atoms with van der Waals surface area (Å²) in [7, 11) is 0. The summed E-state index contributed by atoms with van der Waals surface area (Å²) < 4.78 is 12.5. The van der Waals surface area contributed by atoms with Crippen molar-refractivity contribution in [1.82, 2.24) is 0 Å². The maximum atomic E-state index is 12.7. The van der Waals surface area contributed by atoms with Gasteiger partial charge in [-0.2, -0.15) is 5.26 Å². The van der Waals surface area contributed by atoms with Gasteiger partial charge in [0.2, 0.25) is 0 Å². The average Bonchev–Trinajstić information content (AvgIpc) is 2.96. The number of ether oxygens (including phenoxy) is 2. The Kier molecular flexibility index (Phi) is 9.52. The van der Waals surface area contributed by atoms with Gasteiger partial charge < -0.3 is 14.8 Å². The first kappa shape index (κ1) is 28.4. The van der Waals surface area contributed by atoms with Gasteiger partial charge in [0, 0.05) is 22.3 Å². The van der Waals surface area contributed by atoms with Crippen LogP contribution in [0.5, 0.6) is 11.5 Å². The van der Waals surface area contributed by atoms with Gasteiger partial charge >= 0.3 is 0 Å². The Morgan fingerprint density at radius 1 is 0.950 bits per heavy atom. The lowest BCUT2D eigenvalue weighted by molar-refractivity contribution is -0.384. The highest BCUT2D eigenvalue weighted by Crippen LogP contribution is 2.28. The summed E-state index contributed by atoms with van der Waals surface area (Å²) >= 11 is 9.75. The Hall–Kier alpha value is -4.65. The second-order valence-electron chi connectivity index (χ2n) is 8.47. The lowest BCUT2D eigenvalue weighted by Gasteiger charge is -2.10. The van der Waals surface area contributed by atoms with Crippen molar-refractivity contribution in [1.29, 1.82) is 5.26 Å². The minimum atomic E-state index is -0.569. The second-order valence-corrected chi connectivity index (χ2v) is 9.79. The third kappa shape index (κ3) is 7.93. The molecule has 0 aliphatic heterocycles. The molecule has 8 nitrogen and oxygen atoms in total. The molecule has 0 saturated heterocycles. The van der Waals surface area contributed by atoms with E-state index in [1.165, 1.54) is 18.2 Å². The Morgan fingerprint density at radius 2 is 1.57 bits per heavy atom. The minimum Gasteiger partial charge on any atom is -0.489 e. The first-order chi connectivity index (χ1) is 19.3. The fourth-order valence-corrected chi connectivity index (χ4v) is 4.00. The summed E-state index contributed by atoms with van der Waals surface area (Å²) in [4.78, 5) is 23.0. The van der Waals surface area contributed by atoms with E-state index in [9.17, 15) is 20.2 Å². The van der Waals surface area contributed by atoms with E-state index in [1.54, 1.807) is 54.6 Å². The number of nitrogens with one attached hydrogen (secondary N) is 1. The maximum Gasteiger partial charge on any atom is 0.269 e. The van der Waals surface area contributed by atoms with Crippen molar-refractivity contribution in [3.8, 4) is 17.6 Å². The molecule has 40 heavy (non-hydrogen) atoms. The molecule has 0 saturated carbocycles. The number of hydrogen-bond acceptors (Lipinski definition) is 6. The number of nitrogens with zero attached hydrogens (tertiary/aromatic N) is 2. The van der Waals surface area contributed by atoms with Crippen molar-refractivity contribution in [3.05, 3.63) is 133 Å². The molecule has 0 aliphatic rings. The van der Waals surface area contributed by atoms with Gasteiger partial charge in [0.05, 0.1) is 9.95 Å². The summed E-state index contributed by atoms with van der Waals surface area (Å²) in [5, 5.41) is 23.3. The quantitative estimate of drug-likeness (QED) is 0.0842. The van der Waals surface area contributed by atoms with Gasteiger partial charge in [-0.15, -0.1) is 0 Å². The molecule has 0 spiro atoms. The maximum absolute atomic E-state index is 12.7. The molecule has 0 aromatic heterocycles. The molecule has 4 aromatic carbocycles. The van der Waals surface area contributed by atoms with Crippen LogP contribution >= 0.6 is 27.5 Å². The third-order valence-electron chi connectivity index (χ3n) is 5.60. The second kappa shape index (κ2) is 13.4. The zero-order valence-electron chi connectivity index (χ0n) is 20.8. The van der Waals surface area contributed by atoms with Gasteiger partial charge in [-0.25, -0.2) is 0 Å². The first-order valence-electron chi connectivity index (χ1n) is 11.9. The summed E-state index contributed by atoms with van der Waals surface area (Å²) in [5.41, 5.74) is 2.69. The Labute approximate surface area is 243 Å². The number of rotatable bonds is 10. The SMILES string of the molecule is N#C/C(=C\c1ccc(OCc2ccc([N+](=O)[O-])cc2)c(Cl)c1)C(=O)Nc1ccc(OCc2ccc(Br)cc2)cc1. The van der Waals surface area contributed by atoms with Crippen molar-refractivity contribution in [3.63, 3.8) is 0 Å². The molecule has 0 unspecified atom stereocenters. The lowest BCUT2D eigenvalue weighted by atomic mass is 10.1. The molecule has 0 radical (unpaired) electrons. The van der Waals surface area contributed by atoms with Gasteiger partial charge in [-0.05, 0) is 83.4 Å². The Bertz CT molecular complexity index is 1580. The normalized spacial score (nSPS) is 10.9. The molecule has 1 N–H and O–H groups in total. The van der Waals surface area contributed by atoms with Crippen molar-refractivity contribution >= 4 is 50.9 Å². The van der Waals surface area contributed by atoms with Crippen LogP contribution in [0.2, 0.25) is 5.02 Å². The van der Waals surface area contributed by atoms with Crippen molar-refractivity contribution in [2.75, 3.05) is 5.32 Å². The number of nitro groups is 1. The van der Waals surface area contributed by atoms with Crippen LogP contribution < -0.4 is 14.8 Å². The molecular formula is C30H21BrClN3O5. The van der Waals surface area contributed by atoms with E-state index in [0.29, 0.717) is 29.4 Å². The molecule has 1 amide bonds. The van der Waals surface area contributed by atoms with Crippen molar-refractivity contribution in [2.45, 2.75) is 13.2 Å². The van der Waals surface area contributed by atoms with Gasteiger partial charge in [0.25, 0.3) is 11.6 Å². The van der Waals surface area contributed by atoms with Crippen LogP contribution in [-0.2, 0) is 18.0 Å². The van der Waals surface area contributed by atoms with Crippen LogP contribution in [-0.4, -0.2) is 10.8 Å². The van der Waals surface area contributed by atoms with E-state index in [-0.39, 0.29) is 22.9 Å². The molecule has 0 aliphatic carbocycles. The standard InChI is InChI=1S/C30H21BrClN3O5/c31-24-6-1-20(2-7-24)18-39-27-12-8-25(9-13-27)34-30(36)23(17-33)15-22-5-14-29(28(32)16-22)40-19-21-3-10-26(11-4-21)35(37)38/h1-16H,18-19H2,(H,34,36)/b23-15+. The molecule has 4 rings (SSSR count). The fourth-order valence-electron chi connectivity index (χ4n) is 3.49. The highest BCUT2D eigenvalue weighted by molar-refractivity contribution is 9.10. The van der Waals surface area contributed by atoms with E-state index in [2.05, 4.69) is 21.2 Å². The molecule has 4 aromatic rings. The van der Waals surface area contributed by atoms with Crippen molar-refractivity contribution in [2.24, 2.45) is 0 Å². The van der Waals surface area contributed by atoms with Gasteiger partial charge in [-0.3, -0.25) is 14.9 Å². The number of carbonyl (C=O) groups is 1. The number of carbonyl (C=O) groups excluding carboxylic acids is 1. The monoisotopic (exact) mass is 617 g/mol. The Morgan fingerprint density at radius 3 is 2.17 bits per heavy atom. The predicted molar refractivity (Wildman–Crippen MR) is 156 cm³/mol. The smallest absolute Gasteiger partial charge is 0.269 e. The van der Waals surface area contributed by atoms with E-state index in [0.717, 1.165) is 15.6 Å². The van der Waals surface area contributed by atoms with Crippen LogP contribution in [0.1, 0.15) is 16.7 Å². The number of non-ortho nitro benzene ring substituents is 1. The van der Waals surface area contributed by atoms with E-state index >= 15 is 0 Å². The number of halogens is 2. The van der Waals surface area contributed by atoms with E-state index in [1.807, 2.05) is 30.3 Å². The molecule has 0 atom stereocenters. The minimum absolute atomic E-state index is 0.00567. The lowest BCUT2D eigenvalue weighted by Crippen LogP contribution is -2.13. The molecule has 0 fully saturated rings. The third-order valence-corrected chi connectivity index (χ3v) is 6.43. The molecule has 10 heteroatoms. The highest BCUT2D eigenvalue weighted by atomic mass is 79.9. The number of anilines is 1. The van der Waals surface area contributed by atoms with Gasteiger partial charge in [0.1, 0.15) is 36.4 Å². The number of nitro benzene ring substituents is 1.